The fourth-order valence-corrected chi connectivity index (χ4v) is 4.16. The van der Waals surface area contributed by atoms with Crippen LogP contribution < -0.4 is 14.8 Å². The van der Waals surface area contributed by atoms with Gasteiger partial charge in [0.1, 0.15) is 0 Å². The standard InChI is InChI=1S/C25H31N3O2/c1-29-24-16-20-22(26-12-9-15-28-13-7-4-8-14-28)17-21(19-10-5-3-6-11-19)27-23(20)18-25(24)30-2/h3,5-6,10-11,16-18H,4,7-9,12-15H2,1-2H3,(H,26,27). The number of pyridine rings is 1. The highest BCUT2D eigenvalue weighted by Gasteiger charge is 2.13. The summed E-state index contributed by atoms with van der Waals surface area (Å²) in [7, 11) is 3.33. The van der Waals surface area contributed by atoms with Crippen LogP contribution in [0, 0.1) is 0 Å². The monoisotopic (exact) mass is 405 g/mol. The fraction of sp³-hybridized carbons (Fsp3) is 0.400. The number of methoxy groups -OCH3 is 2. The smallest absolute Gasteiger partial charge is 0.162 e. The van der Waals surface area contributed by atoms with E-state index in [0.717, 1.165) is 53.1 Å². The van der Waals surface area contributed by atoms with Crippen molar-refractivity contribution in [2.45, 2.75) is 25.7 Å². The van der Waals surface area contributed by atoms with E-state index in [-0.39, 0.29) is 0 Å². The number of ether oxygens (including phenoxy) is 2. The van der Waals surface area contributed by atoms with Crippen molar-refractivity contribution in [3.8, 4) is 22.8 Å². The second-order valence-electron chi connectivity index (χ2n) is 7.83. The average Bonchev–Trinajstić information content (AvgIpc) is 2.81. The summed E-state index contributed by atoms with van der Waals surface area (Å²) in [4.78, 5) is 7.49. The van der Waals surface area contributed by atoms with Crippen molar-refractivity contribution in [3.05, 3.63) is 48.5 Å². The van der Waals surface area contributed by atoms with Gasteiger partial charge >= 0.3 is 0 Å². The molecule has 1 fully saturated rings. The maximum absolute atomic E-state index is 5.53. The SMILES string of the molecule is COc1cc2nc(-c3ccccc3)cc(NCCCN3CCCCC3)c2cc1OC. The first kappa shape index (κ1) is 20.5. The van der Waals surface area contributed by atoms with Gasteiger partial charge in [0.15, 0.2) is 11.5 Å². The third kappa shape index (κ3) is 4.68. The van der Waals surface area contributed by atoms with Crippen LogP contribution in [0.5, 0.6) is 11.5 Å². The Morgan fingerprint density at radius 2 is 1.67 bits per heavy atom. The van der Waals surface area contributed by atoms with E-state index in [1.54, 1.807) is 14.2 Å². The Bertz CT molecular complexity index is 969. The van der Waals surface area contributed by atoms with Gasteiger partial charge in [-0.2, -0.15) is 0 Å². The maximum atomic E-state index is 5.53. The van der Waals surface area contributed by atoms with Crippen LogP contribution in [-0.2, 0) is 0 Å². The van der Waals surface area contributed by atoms with Crippen molar-refractivity contribution in [1.82, 2.24) is 9.88 Å². The largest absolute Gasteiger partial charge is 0.493 e. The first-order valence-corrected chi connectivity index (χ1v) is 10.9. The molecule has 0 aliphatic carbocycles. The van der Waals surface area contributed by atoms with E-state index in [2.05, 4.69) is 28.4 Å². The second kappa shape index (κ2) is 9.81. The lowest BCUT2D eigenvalue weighted by Gasteiger charge is -2.26. The fourth-order valence-electron chi connectivity index (χ4n) is 4.16. The lowest BCUT2D eigenvalue weighted by Crippen LogP contribution is -2.31. The number of benzene rings is 2. The van der Waals surface area contributed by atoms with Gasteiger partial charge in [0, 0.05) is 29.2 Å². The zero-order chi connectivity index (χ0) is 20.8. The Hall–Kier alpha value is -2.79. The summed E-state index contributed by atoms with van der Waals surface area (Å²) in [6.45, 7) is 4.57. The summed E-state index contributed by atoms with van der Waals surface area (Å²) in [5.74, 6) is 1.41. The number of piperidine rings is 1. The molecule has 5 heteroatoms. The van der Waals surface area contributed by atoms with Crippen molar-refractivity contribution in [1.29, 1.82) is 0 Å². The highest BCUT2D eigenvalue weighted by molar-refractivity contribution is 5.96. The third-order valence-electron chi connectivity index (χ3n) is 5.80. The van der Waals surface area contributed by atoms with Crippen molar-refractivity contribution < 1.29 is 9.47 Å². The molecule has 0 radical (unpaired) electrons. The lowest BCUT2D eigenvalue weighted by molar-refractivity contribution is 0.228. The van der Waals surface area contributed by atoms with Gasteiger partial charge in [-0.3, -0.25) is 0 Å². The Morgan fingerprint density at radius 3 is 2.40 bits per heavy atom. The molecule has 0 saturated carbocycles. The van der Waals surface area contributed by atoms with Gasteiger partial charge in [-0.25, -0.2) is 4.98 Å². The second-order valence-corrected chi connectivity index (χ2v) is 7.83. The molecule has 2 aromatic carbocycles. The van der Waals surface area contributed by atoms with Crippen LogP contribution in [0.4, 0.5) is 5.69 Å². The van der Waals surface area contributed by atoms with Gasteiger partial charge in [0.05, 0.1) is 25.4 Å². The van der Waals surface area contributed by atoms with Crippen molar-refractivity contribution >= 4 is 16.6 Å². The van der Waals surface area contributed by atoms with E-state index in [1.165, 1.54) is 32.4 Å². The van der Waals surface area contributed by atoms with Crippen LogP contribution >= 0.6 is 0 Å². The molecule has 0 unspecified atom stereocenters. The quantitative estimate of drug-likeness (QED) is 0.522. The van der Waals surface area contributed by atoms with Gasteiger partial charge in [-0.15, -0.1) is 0 Å². The zero-order valence-electron chi connectivity index (χ0n) is 18.0. The normalized spacial score (nSPS) is 14.6. The number of likely N-dealkylation sites (tertiary alicyclic amines) is 1. The Labute approximate surface area is 179 Å². The predicted molar refractivity (Wildman–Crippen MR) is 124 cm³/mol. The van der Waals surface area contributed by atoms with Crippen molar-refractivity contribution in [3.63, 3.8) is 0 Å². The minimum Gasteiger partial charge on any atom is -0.493 e. The third-order valence-corrected chi connectivity index (χ3v) is 5.80. The minimum absolute atomic E-state index is 0.693. The van der Waals surface area contributed by atoms with E-state index in [4.69, 9.17) is 14.5 Å². The molecule has 0 atom stereocenters. The summed E-state index contributed by atoms with van der Waals surface area (Å²) in [5, 5.41) is 4.71. The van der Waals surface area contributed by atoms with E-state index in [0.29, 0.717) is 5.75 Å². The number of rotatable bonds is 8. The van der Waals surface area contributed by atoms with Crippen LogP contribution in [0.1, 0.15) is 25.7 Å². The molecule has 4 rings (SSSR count). The average molecular weight is 406 g/mol. The van der Waals surface area contributed by atoms with E-state index in [1.807, 2.05) is 30.3 Å². The maximum Gasteiger partial charge on any atom is 0.162 e. The van der Waals surface area contributed by atoms with Crippen LogP contribution in [0.2, 0.25) is 0 Å². The zero-order valence-corrected chi connectivity index (χ0v) is 18.0. The molecule has 0 spiro atoms. The van der Waals surface area contributed by atoms with Gasteiger partial charge in [-0.05, 0) is 51.0 Å². The summed E-state index contributed by atoms with van der Waals surface area (Å²) in [6, 6.07) is 16.4. The molecule has 0 bridgehead atoms. The van der Waals surface area contributed by atoms with Gasteiger partial charge in [0.25, 0.3) is 0 Å². The van der Waals surface area contributed by atoms with Gasteiger partial charge in [0.2, 0.25) is 0 Å². The molecule has 2 heterocycles. The number of hydrogen-bond acceptors (Lipinski definition) is 5. The summed E-state index contributed by atoms with van der Waals surface area (Å²) < 4.78 is 11.0. The lowest BCUT2D eigenvalue weighted by atomic mass is 10.1. The molecule has 1 N–H and O–H groups in total. The van der Waals surface area contributed by atoms with E-state index >= 15 is 0 Å². The highest BCUT2D eigenvalue weighted by atomic mass is 16.5. The molecular formula is C25H31N3O2. The summed E-state index contributed by atoms with van der Waals surface area (Å²) in [6.07, 6.45) is 5.18. The van der Waals surface area contributed by atoms with E-state index in [9.17, 15) is 0 Å². The highest BCUT2D eigenvalue weighted by Crippen LogP contribution is 2.36. The first-order valence-electron chi connectivity index (χ1n) is 10.9. The molecule has 5 nitrogen and oxygen atoms in total. The predicted octanol–water partition coefficient (Wildman–Crippen LogP) is 5.21. The number of anilines is 1. The Balaban J connectivity index is 1.61. The number of hydrogen-bond donors (Lipinski definition) is 1. The van der Waals surface area contributed by atoms with Gasteiger partial charge < -0.3 is 19.7 Å². The molecule has 1 saturated heterocycles. The summed E-state index contributed by atoms with van der Waals surface area (Å²) >= 11 is 0. The molecule has 158 valence electrons. The van der Waals surface area contributed by atoms with E-state index < -0.39 is 0 Å². The molecule has 1 aromatic heterocycles. The van der Waals surface area contributed by atoms with Gasteiger partial charge in [-0.1, -0.05) is 36.8 Å². The van der Waals surface area contributed by atoms with Crippen molar-refractivity contribution in [2.24, 2.45) is 0 Å². The first-order chi connectivity index (χ1) is 14.8. The Morgan fingerprint density at radius 1 is 0.933 bits per heavy atom. The van der Waals surface area contributed by atoms with Crippen LogP contribution in [0.15, 0.2) is 48.5 Å². The van der Waals surface area contributed by atoms with Crippen LogP contribution in [-0.4, -0.2) is 50.3 Å². The molecule has 0 amide bonds. The van der Waals surface area contributed by atoms with Crippen molar-refractivity contribution in [2.75, 3.05) is 45.7 Å². The number of fused-ring (bicyclic) bond motifs is 1. The number of aromatic nitrogens is 1. The molecular weight excluding hydrogens is 374 g/mol. The molecule has 30 heavy (non-hydrogen) atoms. The summed E-state index contributed by atoms with van der Waals surface area (Å²) in [5.41, 5.74) is 4.03. The van der Waals surface area contributed by atoms with Crippen LogP contribution in [0.25, 0.3) is 22.2 Å². The minimum atomic E-state index is 0.693. The van der Waals surface area contributed by atoms with Crippen LogP contribution in [0.3, 0.4) is 0 Å². The molecule has 1 aliphatic heterocycles. The Kier molecular flexibility index (Phi) is 6.70. The molecule has 1 aliphatic rings. The molecule has 3 aromatic rings. The topological polar surface area (TPSA) is 46.6 Å². The number of nitrogens with one attached hydrogen (secondary N) is 1. The number of nitrogens with zero attached hydrogens (tertiary/aromatic N) is 2.